The van der Waals surface area contributed by atoms with Gasteiger partial charge in [-0.1, -0.05) is 93.1 Å². The Hall–Kier alpha value is -3.97. The van der Waals surface area contributed by atoms with Crippen molar-refractivity contribution in [1.82, 2.24) is 0 Å². The van der Waals surface area contributed by atoms with Gasteiger partial charge in [-0.3, -0.25) is 14.4 Å². The number of rotatable bonds is 2. The van der Waals surface area contributed by atoms with Crippen LogP contribution >= 0.6 is 22.7 Å². The van der Waals surface area contributed by atoms with Crippen molar-refractivity contribution in [3.05, 3.63) is 127 Å². The van der Waals surface area contributed by atoms with E-state index in [2.05, 4.69) is 18.2 Å². The van der Waals surface area contributed by atoms with Crippen molar-refractivity contribution >= 4 is 61.1 Å². The predicted molar refractivity (Wildman–Crippen MR) is 192 cm³/mol. The smallest absolute Gasteiger partial charge is 0.197 e. The molecule has 2 saturated carbocycles. The molecule has 0 saturated heterocycles. The predicted octanol–water partition coefficient (Wildman–Crippen LogP) is 10.1. The van der Waals surface area contributed by atoms with Gasteiger partial charge in [0.25, 0.3) is 0 Å². The second-order valence-corrected chi connectivity index (χ2v) is 16.6. The summed E-state index contributed by atoms with van der Waals surface area (Å²) in [5.74, 6) is -0.408. The summed E-state index contributed by atoms with van der Waals surface area (Å²) >= 11 is 3.62. The minimum absolute atomic E-state index is 0.0503. The molecule has 6 heteroatoms. The number of Topliss-reactive ketones (excluding diaryl/α,β-unsaturated/α-hetero) is 3. The molecule has 48 heavy (non-hydrogen) atoms. The van der Waals surface area contributed by atoms with Gasteiger partial charge in [-0.2, -0.15) is 0 Å². The minimum atomic E-state index is -0.893. The Morgan fingerprint density at radius 2 is 1.33 bits per heavy atom. The van der Waals surface area contributed by atoms with Gasteiger partial charge in [-0.25, -0.2) is 0 Å². The van der Waals surface area contributed by atoms with Gasteiger partial charge < -0.3 is 5.11 Å². The highest BCUT2D eigenvalue weighted by Gasteiger charge is 2.56. The molecule has 238 valence electrons. The molecule has 0 aliphatic heterocycles. The average molecular weight is 667 g/mol. The molecule has 10 rings (SSSR count). The van der Waals surface area contributed by atoms with E-state index in [1.807, 2.05) is 53.8 Å². The van der Waals surface area contributed by atoms with Crippen LogP contribution in [-0.2, 0) is 5.41 Å². The molecular weight excluding hydrogens is 633 g/mol. The number of carbonyl (C=O) groups excluding carboxylic acids is 3. The molecule has 4 aromatic rings. The molecule has 2 heterocycles. The van der Waals surface area contributed by atoms with Crippen LogP contribution in [0, 0.1) is 5.41 Å². The normalized spacial score (nSPS) is 24.2. The first kappa shape index (κ1) is 29.0. The van der Waals surface area contributed by atoms with Crippen molar-refractivity contribution in [1.29, 1.82) is 0 Å². The third-order valence-electron chi connectivity index (χ3n) is 12.2. The molecule has 6 aliphatic rings. The Balaban J connectivity index is 1.11. The summed E-state index contributed by atoms with van der Waals surface area (Å²) in [6, 6.07) is 16.8. The number of ketones is 3. The third-order valence-corrected chi connectivity index (χ3v) is 14.6. The van der Waals surface area contributed by atoms with Crippen LogP contribution in [0.2, 0.25) is 0 Å². The number of carbonyl (C=O) groups is 3. The number of benzene rings is 2. The molecule has 2 spiro atoms. The van der Waals surface area contributed by atoms with Crippen LogP contribution in [0.25, 0.3) is 21.0 Å². The summed E-state index contributed by atoms with van der Waals surface area (Å²) in [5, 5.41) is 11.4. The van der Waals surface area contributed by atoms with Gasteiger partial charge in [0.2, 0.25) is 0 Å². The summed E-state index contributed by atoms with van der Waals surface area (Å²) in [4.78, 5) is 42.5. The van der Waals surface area contributed by atoms with E-state index in [0.29, 0.717) is 27.8 Å². The van der Waals surface area contributed by atoms with E-state index in [1.165, 1.54) is 62.2 Å². The molecule has 1 unspecified atom stereocenters. The first-order valence-electron chi connectivity index (χ1n) is 17.4. The van der Waals surface area contributed by atoms with E-state index in [9.17, 15) is 19.5 Å². The second kappa shape index (κ2) is 10.3. The van der Waals surface area contributed by atoms with E-state index < -0.39 is 6.10 Å². The van der Waals surface area contributed by atoms with Gasteiger partial charge in [0.05, 0.1) is 10.3 Å². The lowest BCUT2D eigenvalue weighted by atomic mass is 9.66. The SMILES string of the molecule is O=C1C(=Cc2cc3sc4c(c3s2)C2(CCCCC2)C2=C4C3(CCCCC3)C(/C=C3\C(=O)c4ccccc4C3O)=C2)C(=O)c2ccccc21. The van der Waals surface area contributed by atoms with Crippen molar-refractivity contribution in [2.75, 3.05) is 0 Å². The highest BCUT2D eigenvalue weighted by atomic mass is 32.1. The molecule has 1 N–H and O–H groups in total. The maximum atomic E-state index is 13.6. The van der Waals surface area contributed by atoms with Gasteiger partial charge in [0.1, 0.15) is 6.10 Å². The fourth-order valence-electron chi connectivity index (χ4n) is 10.0. The lowest BCUT2D eigenvalue weighted by molar-refractivity contribution is 0.0985. The van der Waals surface area contributed by atoms with E-state index >= 15 is 0 Å². The van der Waals surface area contributed by atoms with Gasteiger partial charge in [0.15, 0.2) is 17.3 Å². The fraction of sp³-hybridized carbons (Fsp3) is 0.310. The zero-order chi connectivity index (χ0) is 32.4. The molecule has 2 aromatic heterocycles. The first-order valence-corrected chi connectivity index (χ1v) is 19.0. The number of thiophene rings is 2. The monoisotopic (exact) mass is 666 g/mol. The van der Waals surface area contributed by atoms with Gasteiger partial charge in [-0.15, -0.1) is 22.7 Å². The molecular formula is C42H34O4S2. The third kappa shape index (κ3) is 3.71. The Morgan fingerprint density at radius 1 is 0.708 bits per heavy atom. The van der Waals surface area contributed by atoms with Crippen LogP contribution < -0.4 is 0 Å². The van der Waals surface area contributed by atoms with Gasteiger partial charge in [0, 0.05) is 47.5 Å². The molecule has 2 fully saturated rings. The van der Waals surface area contributed by atoms with E-state index in [-0.39, 0.29) is 33.8 Å². The maximum absolute atomic E-state index is 13.6. The zero-order valence-corrected chi connectivity index (χ0v) is 28.2. The highest BCUT2D eigenvalue weighted by molar-refractivity contribution is 7.29. The van der Waals surface area contributed by atoms with Crippen molar-refractivity contribution < 1.29 is 19.5 Å². The standard InChI is InChI=1S/C42H34O4S2/c43-35-25-11-3-4-12-26(25)36(44)29(35)19-23-20-31-33(41(23)15-7-1-8-16-41)40-34(42(31)17-9-2-10-18-42)39-32(48-40)22-24(47-39)21-30-37(45)27-13-5-6-14-28(27)38(30)46/h3-6,11-14,19-22,35,43H,1-2,7-10,15-18H2/b29-19-. The first-order chi connectivity index (χ1) is 23.4. The lowest BCUT2D eigenvalue weighted by Gasteiger charge is -2.38. The van der Waals surface area contributed by atoms with Crippen LogP contribution in [0.15, 0.2) is 89.0 Å². The quantitative estimate of drug-likeness (QED) is 0.171. The lowest BCUT2D eigenvalue weighted by Crippen LogP contribution is -2.28. The fourth-order valence-corrected chi connectivity index (χ4v) is 12.9. The van der Waals surface area contributed by atoms with Crippen LogP contribution in [-0.4, -0.2) is 22.5 Å². The van der Waals surface area contributed by atoms with Crippen molar-refractivity contribution in [2.45, 2.75) is 75.7 Å². The van der Waals surface area contributed by atoms with Crippen LogP contribution in [0.5, 0.6) is 0 Å². The van der Waals surface area contributed by atoms with Crippen molar-refractivity contribution in [3.8, 4) is 0 Å². The summed E-state index contributed by atoms with van der Waals surface area (Å²) < 4.78 is 2.54. The Labute approximate surface area is 287 Å². The van der Waals surface area contributed by atoms with Gasteiger partial charge in [-0.05, 0) is 71.7 Å². The topological polar surface area (TPSA) is 71.4 Å². The number of hydrogen-bond donors (Lipinski definition) is 1. The van der Waals surface area contributed by atoms with Crippen LogP contribution in [0.1, 0.15) is 122 Å². The molecule has 0 radical (unpaired) electrons. The average Bonchev–Trinajstić information content (AvgIpc) is 3.90. The second-order valence-electron chi connectivity index (χ2n) is 14.5. The molecule has 4 nitrogen and oxygen atoms in total. The molecule has 1 atom stereocenters. The number of hydrogen-bond acceptors (Lipinski definition) is 6. The van der Waals surface area contributed by atoms with Gasteiger partial charge >= 0.3 is 0 Å². The summed E-state index contributed by atoms with van der Waals surface area (Å²) in [7, 11) is 0. The molecule has 2 aromatic carbocycles. The Morgan fingerprint density at radius 3 is 2.00 bits per heavy atom. The maximum Gasteiger partial charge on any atom is 0.197 e. The van der Waals surface area contributed by atoms with E-state index in [4.69, 9.17) is 0 Å². The van der Waals surface area contributed by atoms with E-state index in [1.54, 1.807) is 23.5 Å². The number of aliphatic hydroxyl groups excluding tert-OH is 1. The molecule has 0 amide bonds. The summed E-state index contributed by atoms with van der Waals surface area (Å²) in [6.07, 6.45) is 16.9. The van der Waals surface area contributed by atoms with Crippen molar-refractivity contribution in [2.24, 2.45) is 5.41 Å². The Kier molecular flexibility index (Phi) is 6.20. The van der Waals surface area contributed by atoms with E-state index in [0.717, 1.165) is 43.4 Å². The van der Waals surface area contributed by atoms with Crippen LogP contribution in [0.4, 0.5) is 0 Å². The zero-order valence-electron chi connectivity index (χ0n) is 26.6. The molecule has 6 aliphatic carbocycles. The number of fused-ring (bicyclic) bond motifs is 9. The van der Waals surface area contributed by atoms with Crippen LogP contribution in [0.3, 0.4) is 0 Å². The molecule has 0 bridgehead atoms. The highest BCUT2D eigenvalue weighted by Crippen LogP contribution is 2.70. The Bertz CT molecular complexity index is 2230. The van der Waals surface area contributed by atoms with Crippen molar-refractivity contribution in [3.63, 3.8) is 0 Å². The summed E-state index contributed by atoms with van der Waals surface area (Å²) in [6.45, 7) is 0. The minimum Gasteiger partial charge on any atom is -0.383 e. The number of allylic oxidation sites excluding steroid dienone is 6. The summed E-state index contributed by atoms with van der Waals surface area (Å²) in [5.41, 5.74) is 8.53. The largest absolute Gasteiger partial charge is 0.383 e. The number of aliphatic hydroxyl groups is 1.